The fourth-order valence-corrected chi connectivity index (χ4v) is 1.76. The molecule has 8 heteroatoms. The average Bonchev–Trinajstić information content (AvgIpc) is 2.58. The number of fused-ring (bicyclic) bond motifs is 1. The van der Waals surface area contributed by atoms with Crippen LogP contribution in [-0.2, 0) is 4.79 Å². The monoisotopic (exact) mass is 239 g/mol. The predicted octanol–water partition coefficient (Wildman–Crippen LogP) is -0.198. The fourth-order valence-electron chi connectivity index (χ4n) is 1.08. The summed E-state index contributed by atoms with van der Waals surface area (Å²) < 4.78 is 1.42. The van der Waals surface area contributed by atoms with Gasteiger partial charge < -0.3 is 0 Å². The normalized spacial score (nSPS) is 10.9. The maximum atomic E-state index is 11.2. The van der Waals surface area contributed by atoms with Crippen molar-refractivity contribution in [2.45, 2.75) is 19.0 Å². The minimum Gasteiger partial charge on any atom is -0.299 e. The maximum Gasteiger partial charge on any atom is 0.273 e. The Kier molecular flexibility index (Phi) is 2.73. The topological polar surface area (TPSA) is 93.0 Å². The van der Waals surface area contributed by atoms with Crippen molar-refractivity contribution in [3.05, 3.63) is 16.0 Å². The van der Waals surface area contributed by atoms with E-state index in [9.17, 15) is 9.59 Å². The van der Waals surface area contributed by atoms with Crippen LogP contribution < -0.4 is 5.56 Å². The Morgan fingerprint density at radius 3 is 2.94 bits per heavy atom. The van der Waals surface area contributed by atoms with Gasteiger partial charge in [-0.15, -0.1) is 10.2 Å². The second-order valence-corrected chi connectivity index (χ2v) is 4.19. The van der Waals surface area contributed by atoms with Gasteiger partial charge in [0, 0.05) is 0 Å². The maximum absolute atomic E-state index is 11.2. The highest BCUT2D eigenvalue weighted by atomic mass is 32.2. The van der Waals surface area contributed by atoms with Crippen molar-refractivity contribution in [2.75, 3.05) is 5.75 Å². The van der Waals surface area contributed by atoms with Crippen molar-refractivity contribution in [1.29, 1.82) is 0 Å². The lowest BCUT2D eigenvalue weighted by Crippen LogP contribution is -2.15. The smallest absolute Gasteiger partial charge is 0.273 e. The number of H-pyrrole nitrogens is 1. The molecule has 0 radical (unpaired) electrons. The summed E-state index contributed by atoms with van der Waals surface area (Å²) in [6.07, 6.45) is 0. The van der Waals surface area contributed by atoms with E-state index in [0.29, 0.717) is 16.6 Å². The Bertz CT molecular complexity index is 602. The number of ketones is 1. The van der Waals surface area contributed by atoms with Gasteiger partial charge in [0.2, 0.25) is 5.16 Å². The van der Waals surface area contributed by atoms with Crippen LogP contribution in [0.3, 0.4) is 0 Å². The SMILES string of the molecule is CC(=O)CSc1nnc2[nH]c(=O)c(C)nn12. The van der Waals surface area contributed by atoms with Crippen LogP contribution in [0, 0.1) is 6.92 Å². The minimum atomic E-state index is -0.289. The Morgan fingerprint density at radius 1 is 1.50 bits per heavy atom. The second-order valence-electron chi connectivity index (χ2n) is 3.25. The van der Waals surface area contributed by atoms with E-state index >= 15 is 0 Å². The zero-order chi connectivity index (χ0) is 11.7. The number of nitrogens with zero attached hydrogens (tertiary/aromatic N) is 4. The van der Waals surface area contributed by atoms with Gasteiger partial charge in [-0.05, 0) is 13.8 Å². The van der Waals surface area contributed by atoms with Crippen LogP contribution in [-0.4, -0.2) is 36.3 Å². The molecular formula is C8H9N5O2S. The molecule has 0 saturated heterocycles. The number of aryl methyl sites for hydroxylation is 1. The molecule has 0 aliphatic carbocycles. The lowest BCUT2D eigenvalue weighted by Gasteiger charge is -1.97. The predicted molar refractivity (Wildman–Crippen MR) is 57.5 cm³/mol. The van der Waals surface area contributed by atoms with Crippen LogP contribution in [0.2, 0.25) is 0 Å². The Morgan fingerprint density at radius 2 is 2.25 bits per heavy atom. The third kappa shape index (κ3) is 1.96. The molecule has 84 valence electrons. The van der Waals surface area contributed by atoms with E-state index in [0.717, 1.165) is 0 Å². The second kappa shape index (κ2) is 4.05. The fraction of sp³-hybridized carbons (Fsp3) is 0.375. The third-order valence-corrected chi connectivity index (χ3v) is 2.88. The van der Waals surface area contributed by atoms with E-state index in [1.165, 1.54) is 23.2 Å². The number of aromatic nitrogens is 5. The standard InChI is InChI=1S/C8H9N5O2S/c1-4(14)3-16-8-11-10-7-9-6(15)5(2)12-13(7)8/h3H2,1-2H3,(H,9,10,15). The summed E-state index contributed by atoms with van der Waals surface area (Å²) in [6.45, 7) is 3.09. The number of hydrogen-bond acceptors (Lipinski definition) is 6. The molecule has 0 saturated carbocycles. The molecule has 2 aromatic rings. The first-order valence-corrected chi connectivity index (χ1v) is 5.51. The first-order chi connectivity index (χ1) is 7.58. The van der Waals surface area contributed by atoms with Gasteiger partial charge in [0.1, 0.15) is 11.5 Å². The lowest BCUT2D eigenvalue weighted by atomic mass is 10.5. The molecule has 0 amide bonds. The van der Waals surface area contributed by atoms with Crippen LogP contribution in [0.15, 0.2) is 9.95 Å². The van der Waals surface area contributed by atoms with Gasteiger partial charge in [0.05, 0.1) is 5.75 Å². The molecule has 0 aliphatic heterocycles. The highest BCUT2D eigenvalue weighted by Gasteiger charge is 2.10. The van der Waals surface area contributed by atoms with Crippen LogP contribution in [0.5, 0.6) is 0 Å². The zero-order valence-corrected chi connectivity index (χ0v) is 9.54. The molecule has 0 fully saturated rings. The van der Waals surface area contributed by atoms with E-state index in [-0.39, 0.29) is 17.1 Å². The van der Waals surface area contributed by atoms with Crippen LogP contribution in [0.25, 0.3) is 5.78 Å². The van der Waals surface area contributed by atoms with Gasteiger partial charge in [0.25, 0.3) is 11.3 Å². The number of carbonyl (C=O) groups is 1. The van der Waals surface area contributed by atoms with Gasteiger partial charge in [-0.1, -0.05) is 11.8 Å². The summed E-state index contributed by atoms with van der Waals surface area (Å²) in [4.78, 5) is 24.6. The number of thioether (sulfide) groups is 1. The number of carbonyl (C=O) groups excluding carboxylic acids is 1. The van der Waals surface area contributed by atoms with Gasteiger partial charge in [-0.25, -0.2) is 0 Å². The third-order valence-electron chi connectivity index (χ3n) is 1.82. The van der Waals surface area contributed by atoms with Gasteiger partial charge >= 0.3 is 0 Å². The first-order valence-electron chi connectivity index (χ1n) is 4.52. The molecule has 0 unspecified atom stereocenters. The number of nitrogens with one attached hydrogen (secondary N) is 1. The van der Waals surface area contributed by atoms with Crippen molar-refractivity contribution in [2.24, 2.45) is 0 Å². The highest BCUT2D eigenvalue weighted by molar-refractivity contribution is 7.99. The number of aromatic amines is 1. The van der Waals surface area contributed by atoms with Gasteiger partial charge in [-0.2, -0.15) is 9.61 Å². The van der Waals surface area contributed by atoms with E-state index in [4.69, 9.17) is 0 Å². The summed E-state index contributed by atoms with van der Waals surface area (Å²) in [7, 11) is 0. The summed E-state index contributed by atoms with van der Waals surface area (Å²) in [5.74, 6) is 0.630. The molecule has 16 heavy (non-hydrogen) atoms. The van der Waals surface area contributed by atoms with Crippen molar-refractivity contribution in [3.8, 4) is 0 Å². The molecule has 0 atom stereocenters. The highest BCUT2D eigenvalue weighted by Crippen LogP contribution is 2.13. The molecule has 0 spiro atoms. The molecule has 0 aliphatic rings. The molecule has 0 bridgehead atoms. The first kappa shape index (κ1) is 10.8. The molecular weight excluding hydrogens is 230 g/mol. The van der Waals surface area contributed by atoms with Crippen molar-refractivity contribution < 1.29 is 4.79 Å². The molecule has 2 heterocycles. The number of hydrogen-bond donors (Lipinski definition) is 1. The molecule has 7 nitrogen and oxygen atoms in total. The lowest BCUT2D eigenvalue weighted by molar-refractivity contribution is -0.114. The van der Waals surface area contributed by atoms with E-state index in [2.05, 4.69) is 20.3 Å². The van der Waals surface area contributed by atoms with E-state index < -0.39 is 0 Å². The van der Waals surface area contributed by atoms with Crippen LogP contribution in [0.4, 0.5) is 0 Å². The van der Waals surface area contributed by atoms with Crippen molar-refractivity contribution in [3.63, 3.8) is 0 Å². The summed E-state index contributed by atoms with van der Waals surface area (Å²) in [6, 6.07) is 0. The Labute approximate surface area is 94.3 Å². The van der Waals surface area contributed by atoms with E-state index in [1.54, 1.807) is 6.92 Å². The quantitative estimate of drug-likeness (QED) is 0.746. The average molecular weight is 239 g/mol. The largest absolute Gasteiger partial charge is 0.299 e. The summed E-state index contributed by atoms with van der Waals surface area (Å²) >= 11 is 1.23. The van der Waals surface area contributed by atoms with Gasteiger partial charge in [0.15, 0.2) is 0 Å². The van der Waals surface area contributed by atoms with E-state index in [1.807, 2.05) is 0 Å². The molecule has 2 aromatic heterocycles. The van der Waals surface area contributed by atoms with Crippen molar-refractivity contribution >= 4 is 23.3 Å². The zero-order valence-electron chi connectivity index (χ0n) is 8.72. The van der Waals surface area contributed by atoms with Crippen molar-refractivity contribution in [1.82, 2.24) is 24.8 Å². The molecule has 2 rings (SSSR count). The van der Waals surface area contributed by atoms with Gasteiger partial charge in [-0.3, -0.25) is 14.6 Å². The Hall–Kier alpha value is -1.70. The minimum absolute atomic E-state index is 0.0443. The van der Waals surface area contributed by atoms with Crippen LogP contribution >= 0.6 is 11.8 Å². The summed E-state index contributed by atoms with van der Waals surface area (Å²) in [5.41, 5.74) is 0.0417. The number of Topliss-reactive ketones (excluding diaryl/α,β-unsaturated/α-hetero) is 1. The summed E-state index contributed by atoms with van der Waals surface area (Å²) in [5, 5.41) is 12.1. The van der Waals surface area contributed by atoms with Crippen LogP contribution in [0.1, 0.15) is 12.6 Å². The number of rotatable bonds is 3. The molecule has 1 N–H and O–H groups in total. The molecule has 0 aromatic carbocycles. The Balaban J connectivity index is 2.44.